The van der Waals surface area contributed by atoms with Crippen LogP contribution in [0.1, 0.15) is 18.1 Å². The molecule has 2 aliphatic rings. The summed E-state index contributed by atoms with van der Waals surface area (Å²) in [5.41, 5.74) is 3.30. The van der Waals surface area contributed by atoms with Gasteiger partial charge in [0.05, 0.1) is 18.4 Å². The molecule has 0 unspecified atom stereocenters. The van der Waals surface area contributed by atoms with E-state index in [0.717, 1.165) is 25.1 Å². The van der Waals surface area contributed by atoms with Crippen molar-refractivity contribution < 1.29 is 14.3 Å². The molecule has 2 aliphatic heterocycles. The second kappa shape index (κ2) is 8.32. The van der Waals surface area contributed by atoms with E-state index in [1.54, 1.807) is 7.11 Å². The van der Waals surface area contributed by atoms with Gasteiger partial charge in [0.15, 0.2) is 0 Å². The van der Waals surface area contributed by atoms with Gasteiger partial charge in [-0.05, 0) is 37.2 Å². The van der Waals surface area contributed by atoms with Gasteiger partial charge in [-0.3, -0.25) is 9.59 Å². The van der Waals surface area contributed by atoms with Crippen molar-refractivity contribution in [2.45, 2.75) is 13.3 Å². The molecule has 2 aromatic rings. The number of anilines is 1. The number of hydrogen-bond donors (Lipinski definition) is 0. The van der Waals surface area contributed by atoms with Gasteiger partial charge in [-0.1, -0.05) is 37.3 Å². The average molecular weight is 405 g/mol. The molecule has 0 atom stereocenters. The van der Waals surface area contributed by atoms with Crippen LogP contribution < -0.4 is 9.64 Å². The topological polar surface area (TPSA) is 53.1 Å². The average Bonchev–Trinajstić information content (AvgIpc) is 3.04. The third-order valence-corrected chi connectivity index (χ3v) is 5.86. The molecule has 0 radical (unpaired) electrons. The maximum atomic E-state index is 13.6. The summed E-state index contributed by atoms with van der Waals surface area (Å²) in [6.45, 7) is 5.16. The lowest BCUT2D eigenvalue weighted by Gasteiger charge is -2.34. The summed E-state index contributed by atoms with van der Waals surface area (Å²) in [6, 6.07) is 15.0. The number of amides is 2. The second-order valence-corrected chi connectivity index (χ2v) is 7.68. The van der Waals surface area contributed by atoms with E-state index in [1.807, 2.05) is 53.4 Å². The Balaban J connectivity index is 1.82. The first kappa shape index (κ1) is 20.2. The molecule has 0 aliphatic carbocycles. The molecule has 0 bridgehead atoms. The number of imide groups is 1. The predicted octanol–water partition coefficient (Wildman–Crippen LogP) is 2.79. The smallest absolute Gasteiger partial charge is 0.282 e. The van der Waals surface area contributed by atoms with Crippen molar-refractivity contribution in [1.82, 2.24) is 9.80 Å². The first-order valence-electron chi connectivity index (χ1n) is 10.3. The van der Waals surface area contributed by atoms with Crippen molar-refractivity contribution >= 4 is 23.1 Å². The monoisotopic (exact) mass is 405 g/mol. The van der Waals surface area contributed by atoms with E-state index >= 15 is 0 Å². The van der Waals surface area contributed by atoms with Crippen molar-refractivity contribution in [3.05, 3.63) is 65.4 Å². The molecule has 4 rings (SSSR count). The van der Waals surface area contributed by atoms with E-state index in [4.69, 9.17) is 4.74 Å². The Bertz CT molecular complexity index is 989. The molecule has 1 fully saturated rings. The van der Waals surface area contributed by atoms with E-state index < -0.39 is 0 Å². The number of carbonyl (C=O) groups excluding carboxylic acids is 2. The number of benzene rings is 2. The first-order valence-corrected chi connectivity index (χ1v) is 10.3. The van der Waals surface area contributed by atoms with Crippen LogP contribution in [0.4, 0.5) is 5.69 Å². The number of rotatable bonds is 5. The van der Waals surface area contributed by atoms with Crippen molar-refractivity contribution in [2.75, 3.05) is 45.2 Å². The maximum Gasteiger partial charge on any atom is 0.282 e. The van der Waals surface area contributed by atoms with Crippen molar-refractivity contribution in [3.63, 3.8) is 0 Å². The lowest BCUT2D eigenvalue weighted by atomic mass is 10.0. The minimum atomic E-state index is -0.303. The Hall–Kier alpha value is -3.12. The van der Waals surface area contributed by atoms with Gasteiger partial charge in [0.2, 0.25) is 0 Å². The SMILES string of the molecule is CCc1ccc(N2C(=O)C(c3ccccc3OC)=C(N3CCN(C)CC3)C2=O)cc1. The Morgan fingerprint density at radius 3 is 2.20 bits per heavy atom. The lowest BCUT2D eigenvalue weighted by Crippen LogP contribution is -2.46. The van der Waals surface area contributed by atoms with E-state index in [0.29, 0.717) is 41.4 Å². The van der Waals surface area contributed by atoms with Gasteiger partial charge in [0.1, 0.15) is 11.4 Å². The number of carbonyl (C=O) groups is 2. The molecular weight excluding hydrogens is 378 g/mol. The number of para-hydroxylation sites is 1. The summed E-state index contributed by atoms with van der Waals surface area (Å²) in [4.78, 5) is 32.8. The summed E-state index contributed by atoms with van der Waals surface area (Å²) < 4.78 is 5.52. The maximum absolute atomic E-state index is 13.6. The van der Waals surface area contributed by atoms with Crippen LogP contribution in [0.5, 0.6) is 5.75 Å². The molecule has 156 valence electrons. The lowest BCUT2D eigenvalue weighted by molar-refractivity contribution is -0.120. The van der Waals surface area contributed by atoms with Crippen LogP contribution in [0.15, 0.2) is 54.2 Å². The van der Waals surface area contributed by atoms with Crippen LogP contribution in [0.3, 0.4) is 0 Å². The van der Waals surface area contributed by atoms with Gasteiger partial charge in [-0.2, -0.15) is 0 Å². The third kappa shape index (κ3) is 3.48. The Morgan fingerprint density at radius 1 is 0.900 bits per heavy atom. The zero-order valence-electron chi connectivity index (χ0n) is 17.7. The largest absolute Gasteiger partial charge is 0.496 e. The summed E-state index contributed by atoms with van der Waals surface area (Å²) in [7, 11) is 3.65. The minimum Gasteiger partial charge on any atom is -0.496 e. The molecule has 0 N–H and O–H groups in total. The first-order chi connectivity index (χ1) is 14.5. The van der Waals surface area contributed by atoms with Gasteiger partial charge in [-0.25, -0.2) is 4.90 Å². The van der Waals surface area contributed by atoms with E-state index in [9.17, 15) is 9.59 Å². The fourth-order valence-electron chi connectivity index (χ4n) is 4.05. The highest BCUT2D eigenvalue weighted by Gasteiger charge is 2.43. The van der Waals surface area contributed by atoms with Crippen LogP contribution in [0.2, 0.25) is 0 Å². The summed E-state index contributed by atoms with van der Waals surface area (Å²) in [6.07, 6.45) is 0.902. The number of ether oxygens (including phenoxy) is 1. The van der Waals surface area contributed by atoms with Gasteiger partial charge in [0.25, 0.3) is 11.8 Å². The number of nitrogens with zero attached hydrogens (tertiary/aromatic N) is 3. The van der Waals surface area contributed by atoms with Crippen LogP contribution in [-0.2, 0) is 16.0 Å². The van der Waals surface area contributed by atoms with Crippen LogP contribution in [0, 0.1) is 0 Å². The summed E-state index contributed by atoms with van der Waals surface area (Å²) in [5, 5.41) is 0. The fraction of sp³-hybridized carbons (Fsp3) is 0.333. The van der Waals surface area contributed by atoms with Crippen molar-refractivity contribution in [2.24, 2.45) is 0 Å². The Morgan fingerprint density at radius 2 is 1.57 bits per heavy atom. The highest BCUT2D eigenvalue weighted by molar-refractivity contribution is 6.45. The highest BCUT2D eigenvalue weighted by Crippen LogP contribution is 2.38. The quantitative estimate of drug-likeness (QED) is 0.716. The molecule has 30 heavy (non-hydrogen) atoms. The standard InChI is InChI=1S/C24H27N3O3/c1-4-17-9-11-18(12-10-17)27-23(28)21(19-7-5-6-8-20(19)30-3)22(24(27)29)26-15-13-25(2)14-16-26/h5-12H,4,13-16H2,1-3H3. The molecule has 2 aromatic carbocycles. The normalized spacial score (nSPS) is 17.8. The minimum absolute atomic E-state index is 0.269. The predicted molar refractivity (Wildman–Crippen MR) is 117 cm³/mol. The fourth-order valence-corrected chi connectivity index (χ4v) is 4.05. The van der Waals surface area contributed by atoms with Gasteiger partial charge in [0, 0.05) is 31.7 Å². The van der Waals surface area contributed by atoms with Crippen LogP contribution in [-0.4, -0.2) is 62.0 Å². The number of hydrogen-bond acceptors (Lipinski definition) is 5. The third-order valence-electron chi connectivity index (χ3n) is 5.86. The highest BCUT2D eigenvalue weighted by atomic mass is 16.5. The molecule has 0 aromatic heterocycles. The number of methoxy groups -OCH3 is 1. The Kier molecular flexibility index (Phi) is 5.59. The van der Waals surface area contributed by atoms with Crippen molar-refractivity contribution in [1.29, 1.82) is 0 Å². The van der Waals surface area contributed by atoms with Crippen LogP contribution in [0.25, 0.3) is 5.57 Å². The molecule has 2 heterocycles. The number of piperazine rings is 1. The molecule has 6 nitrogen and oxygen atoms in total. The van der Waals surface area contributed by atoms with Crippen LogP contribution >= 0.6 is 0 Å². The zero-order chi connectivity index (χ0) is 21.3. The zero-order valence-corrected chi connectivity index (χ0v) is 17.7. The van der Waals surface area contributed by atoms with Gasteiger partial charge in [-0.15, -0.1) is 0 Å². The van der Waals surface area contributed by atoms with E-state index in [2.05, 4.69) is 18.9 Å². The summed E-state index contributed by atoms with van der Waals surface area (Å²) in [5.74, 6) is 0.0147. The molecule has 6 heteroatoms. The van der Waals surface area contributed by atoms with E-state index in [1.165, 1.54) is 4.90 Å². The summed E-state index contributed by atoms with van der Waals surface area (Å²) >= 11 is 0. The van der Waals surface area contributed by atoms with Gasteiger partial charge < -0.3 is 14.5 Å². The molecule has 1 saturated heterocycles. The molecule has 0 saturated carbocycles. The number of aryl methyl sites for hydroxylation is 1. The molecule has 2 amide bonds. The molecule has 0 spiro atoms. The number of likely N-dealkylation sites (N-methyl/N-ethyl adjacent to an activating group) is 1. The van der Waals surface area contributed by atoms with Gasteiger partial charge >= 0.3 is 0 Å². The second-order valence-electron chi connectivity index (χ2n) is 7.68. The van der Waals surface area contributed by atoms with Crippen molar-refractivity contribution in [3.8, 4) is 5.75 Å². The Labute approximate surface area is 177 Å². The molecular formula is C24H27N3O3. The van der Waals surface area contributed by atoms with E-state index in [-0.39, 0.29) is 11.8 Å².